The summed E-state index contributed by atoms with van der Waals surface area (Å²) in [6.07, 6.45) is 3.35. The second kappa shape index (κ2) is 5.46. The fourth-order valence-electron chi connectivity index (χ4n) is 1.50. The van der Waals surface area contributed by atoms with E-state index in [4.69, 9.17) is 11.6 Å². The van der Waals surface area contributed by atoms with Crippen LogP contribution in [-0.2, 0) is 6.54 Å². The minimum absolute atomic E-state index is 0.0310. The van der Waals surface area contributed by atoms with Crippen molar-refractivity contribution in [1.29, 1.82) is 0 Å². The number of anilines is 1. The molecule has 18 heavy (non-hydrogen) atoms. The molecule has 0 aliphatic heterocycles. The molecule has 92 valence electrons. The van der Waals surface area contributed by atoms with Gasteiger partial charge in [0.15, 0.2) is 0 Å². The summed E-state index contributed by atoms with van der Waals surface area (Å²) in [4.78, 5) is 14.3. The molecule has 0 saturated heterocycles. The Hall–Kier alpha value is -2.14. The largest absolute Gasteiger partial charge is 0.375 e. The van der Waals surface area contributed by atoms with Crippen LogP contribution in [0.1, 0.15) is 5.56 Å². The summed E-state index contributed by atoms with van der Waals surface area (Å²) in [5.41, 5.74) is 1.41. The Morgan fingerprint density at radius 1 is 1.28 bits per heavy atom. The van der Waals surface area contributed by atoms with Crippen LogP contribution in [0.4, 0.5) is 11.4 Å². The summed E-state index contributed by atoms with van der Waals surface area (Å²) in [6.45, 7) is 0.491. The maximum atomic E-state index is 10.9. The highest BCUT2D eigenvalue weighted by molar-refractivity contribution is 6.30. The predicted molar refractivity (Wildman–Crippen MR) is 69.7 cm³/mol. The summed E-state index contributed by atoms with van der Waals surface area (Å²) in [7, 11) is 0. The zero-order valence-electron chi connectivity index (χ0n) is 9.34. The molecule has 2 aromatic rings. The number of hydrogen-bond acceptors (Lipinski definition) is 4. The molecule has 0 amide bonds. The van der Waals surface area contributed by atoms with Gasteiger partial charge in [-0.3, -0.25) is 15.1 Å². The van der Waals surface area contributed by atoms with Gasteiger partial charge in [-0.1, -0.05) is 11.6 Å². The molecule has 1 heterocycles. The van der Waals surface area contributed by atoms with Gasteiger partial charge in [-0.15, -0.1) is 0 Å². The van der Waals surface area contributed by atoms with Gasteiger partial charge in [0.25, 0.3) is 5.69 Å². The maximum absolute atomic E-state index is 10.9. The normalized spacial score (nSPS) is 10.1. The number of benzene rings is 1. The van der Waals surface area contributed by atoms with Crippen molar-refractivity contribution in [3.05, 3.63) is 63.4 Å². The topological polar surface area (TPSA) is 68.1 Å². The van der Waals surface area contributed by atoms with Crippen molar-refractivity contribution in [2.45, 2.75) is 6.54 Å². The summed E-state index contributed by atoms with van der Waals surface area (Å²) in [5.74, 6) is 0. The van der Waals surface area contributed by atoms with Crippen molar-refractivity contribution in [2.24, 2.45) is 0 Å². The van der Waals surface area contributed by atoms with E-state index in [1.165, 1.54) is 6.07 Å². The van der Waals surface area contributed by atoms with Gasteiger partial charge in [0.05, 0.1) is 4.92 Å². The Kier molecular flexibility index (Phi) is 3.74. The van der Waals surface area contributed by atoms with E-state index in [2.05, 4.69) is 10.3 Å². The zero-order chi connectivity index (χ0) is 13.0. The molecule has 6 heteroatoms. The van der Waals surface area contributed by atoms with Crippen molar-refractivity contribution in [3.8, 4) is 0 Å². The standard InChI is InChI=1S/C12H10ClN3O2/c13-10-1-2-11(12(7-10)16(17)18)15-8-9-3-5-14-6-4-9/h1-7,15H,8H2. The van der Waals surface area contributed by atoms with Crippen LogP contribution >= 0.6 is 11.6 Å². The van der Waals surface area contributed by atoms with Gasteiger partial charge in [0.2, 0.25) is 0 Å². The molecule has 5 nitrogen and oxygen atoms in total. The summed E-state index contributed by atoms with van der Waals surface area (Å²) < 4.78 is 0. The summed E-state index contributed by atoms with van der Waals surface area (Å²) >= 11 is 5.74. The second-order valence-electron chi connectivity index (χ2n) is 3.63. The monoisotopic (exact) mass is 263 g/mol. The number of rotatable bonds is 4. The van der Waals surface area contributed by atoms with E-state index in [9.17, 15) is 10.1 Å². The quantitative estimate of drug-likeness (QED) is 0.679. The average molecular weight is 264 g/mol. The number of halogens is 1. The highest BCUT2D eigenvalue weighted by atomic mass is 35.5. The Bertz CT molecular complexity index is 561. The molecule has 1 aromatic carbocycles. The van der Waals surface area contributed by atoms with E-state index in [0.29, 0.717) is 17.3 Å². The van der Waals surface area contributed by atoms with Gasteiger partial charge in [0, 0.05) is 30.0 Å². The van der Waals surface area contributed by atoms with Crippen molar-refractivity contribution in [1.82, 2.24) is 4.98 Å². The number of nitro groups is 1. The molecule has 0 unspecified atom stereocenters. The fraction of sp³-hybridized carbons (Fsp3) is 0.0833. The minimum Gasteiger partial charge on any atom is -0.375 e. The minimum atomic E-state index is -0.458. The molecule has 1 N–H and O–H groups in total. The van der Waals surface area contributed by atoms with Gasteiger partial charge in [-0.25, -0.2) is 0 Å². The van der Waals surface area contributed by atoms with Crippen LogP contribution in [0.5, 0.6) is 0 Å². The van der Waals surface area contributed by atoms with Crippen LogP contribution < -0.4 is 5.32 Å². The van der Waals surface area contributed by atoms with Gasteiger partial charge in [-0.2, -0.15) is 0 Å². The lowest BCUT2D eigenvalue weighted by Gasteiger charge is -2.07. The van der Waals surface area contributed by atoms with Crippen LogP contribution in [0.2, 0.25) is 5.02 Å². The van der Waals surface area contributed by atoms with E-state index in [1.54, 1.807) is 24.5 Å². The number of nitrogens with zero attached hydrogens (tertiary/aromatic N) is 2. The molecule has 2 rings (SSSR count). The van der Waals surface area contributed by atoms with Crippen molar-refractivity contribution < 1.29 is 4.92 Å². The van der Waals surface area contributed by atoms with Crippen molar-refractivity contribution >= 4 is 23.0 Å². The van der Waals surface area contributed by atoms with Gasteiger partial charge < -0.3 is 5.32 Å². The predicted octanol–water partition coefficient (Wildman–Crippen LogP) is 3.26. The van der Waals surface area contributed by atoms with Crippen LogP contribution in [0, 0.1) is 10.1 Å². The smallest absolute Gasteiger partial charge is 0.293 e. The number of pyridine rings is 1. The van der Waals surface area contributed by atoms with Crippen LogP contribution in [0.25, 0.3) is 0 Å². The van der Waals surface area contributed by atoms with Crippen LogP contribution in [-0.4, -0.2) is 9.91 Å². The Balaban J connectivity index is 2.17. The fourth-order valence-corrected chi connectivity index (χ4v) is 1.67. The third-order valence-electron chi connectivity index (χ3n) is 2.39. The lowest BCUT2D eigenvalue weighted by atomic mass is 10.2. The van der Waals surface area contributed by atoms with Crippen LogP contribution in [0.3, 0.4) is 0 Å². The van der Waals surface area contributed by atoms with E-state index in [1.807, 2.05) is 12.1 Å². The molecule has 0 spiro atoms. The van der Waals surface area contributed by atoms with Gasteiger partial charge in [-0.05, 0) is 29.8 Å². The molecule has 0 saturated carbocycles. The van der Waals surface area contributed by atoms with E-state index >= 15 is 0 Å². The van der Waals surface area contributed by atoms with Crippen molar-refractivity contribution in [3.63, 3.8) is 0 Å². The van der Waals surface area contributed by atoms with Gasteiger partial charge >= 0.3 is 0 Å². The molecule has 0 fully saturated rings. The first kappa shape index (κ1) is 12.3. The Morgan fingerprint density at radius 3 is 2.67 bits per heavy atom. The van der Waals surface area contributed by atoms with Gasteiger partial charge in [0.1, 0.15) is 5.69 Å². The van der Waals surface area contributed by atoms with E-state index < -0.39 is 4.92 Å². The van der Waals surface area contributed by atoms with Crippen molar-refractivity contribution in [2.75, 3.05) is 5.32 Å². The number of nitro benzene ring substituents is 1. The zero-order valence-corrected chi connectivity index (χ0v) is 10.1. The molecule has 0 radical (unpaired) electrons. The SMILES string of the molecule is O=[N+]([O-])c1cc(Cl)ccc1NCc1ccncc1. The van der Waals surface area contributed by atoms with E-state index in [-0.39, 0.29) is 5.69 Å². The first-order valence-corrected chi connectivity index (χ1v) is 5.61. The summed E-state index contributed by atoms with van der Waals surface area (Å²) in [6, 6.07) is 8.23. The first-order chi connectivity index (χ1) is 8.66. The summed E-state index contributed by atoms with van der Waals surface area (Å²) in [5, 5.41) is 14.2. The maximum Gasteiger partial charge on any atom is 0.293 e. The molecule has 0 atom stereocenters. The number of aromatic nitrogens is 1. The highest BCUT2D eigenvalue weighted by Crippen LogP contribution is 2.27. The highest BCUT2D eigenvalue weighted by Gasteiger charge is 2.13. The molecule has 0 bridgehead atoms. The molecule has 1 aromatic heterocycles. The number of hydrogen-bond donors (Lipinski definition) is 1. The molecular weight excluding hydrogens is 254 g/mol. The molecular formula is C12H10ClN3O2. The first-order valence-electron chi connectivity index (χ1n) is 5.23. The lowest BCUT2D eigenvalue weighted by molar-refractivity contribution is -0.383. The van der Waals surface area contributed by atoms with Crippen LogP contribution in [0.15, 0.2) is 42.7 Å². The lowest BCUT2D eigenvalue weighted by Crippen LogP contribution is -2.02. The molecule has 0 aliphatic carbocycles. The van der Waals surface area contributed by atoms with E-state index in [0.717, 1.165) is 5.56 Å². The average Bonchev–Trinajstić information content (AvgIpc) is 2.38. The Labute approximate surface area is 109 Å². The number of nitrogens with one attached hydrogen (secondary N) is 1. The molecule has 0 aliphatic rings. The third kappa shape index (κ3) is 2.95. The second-order valence-corrected chi connectivity index (χ2v) is 4.06. The third-order valence-corrected chi connectivity index (χ3v) is 2.62. The Morgan fingerprint density at radius 2 is 2.00 bits per heavy atom.